The lowest BCUT2D eigenvalue weighted by Crippen LogP contribution is -2.61. The molecule has 0 N–H and O–H groups in total. The van der Waals surface area contributed by atoms with E-state index in [0.29, 0.717) is 11.4 Å². The monoisotopic (exact) mass is 1100 g/mol. The number of hydrogen-bond acceptors (Lipinski definition) is 6. The highest BCUT2D eigenvalue weighted by Crippen LogP contribution is 2.45. The molecule has 0 atom stereocenters. The molecule has 2 aliphatic rings. The maximum absolute atomic E-state index is 13.7. The third-order valence-corrected chi connectivity index (χ3v) is 17.0. The largest absolute Gasteiger partial charge is 0.457 e. The van der Waals surface area contributed by atoms with Crippen LogP contribution in [0.3, 0.4) is 0 Å². The van der Waals surface area contributed by atoms with Gasteiger partial charge in [0.15, 0.2) is 5.82 Å². The lowest BCUT2D eigenvalue weighted by molar-refractivity contribution is 0.0473. The normalized spacial score (nSPS) is 12.2. The van der Waals surface area contributed by atoms with E-state index in [4.69, 9.17) is 14.7 Å². The average Bonchev–Trinajstić information content (AvgIpc) is 1.54. The minimum atomic E-state index is -0.367. The molecule has 0 bridgehead atoms. The Morgan fingerprint density at radius 3 is 1.56 bits per heavy atom. The van der Waals surface area contributed by atoms with Crippen molar-refractivity contribution in [3.8, 4) is 61.8 Å². The fraction of sp³-hybridized carbons (Fsp3) is 0.0128. The number of para-hydroxylation sites is 4. The van der Waals surface area contributed by atoms with Crippen molar-refractivity contribution in [3.05, 3.63) is 314 Å². The third kappa shape index (κ3) is 8.74. The number of ether oxygens (including phenoxy) is 1. The molecule has 0 aliphatic carbocycles. The van der Waals surface area contributed by atoms with Gasteiger partial charge >= 0.3 is 5.97 Å². The summed E-state index contributed by atoms with van der Waals surface area (Å²) < 4.78 is 8.17. The van der Waals surface area contributed by atoms with Crippen LogP contribution in [0.1, 0.15) is 15.9 Å². The zero-order chi connectivity index (χ0) is 57.1. The van der Waals surface area contributed by atoms with Gasteiger partial charge in [-0.3, -0.25) is 0 Å². The Balaban J connectivity index is 0.799. The number of esters is 1. The maximum Gasteiger partial charge on any atom is 0.338 e. The van der Waals surface area contributed by atoms with Crippen LogP contribution in [0.25, 0.3) is 83.6 Å². The van der Waals surface area contributed by atoms with Gasteiger partial charge in [0.05, 0.1) is 33.7 Å². The van der Waals surface area contributed by atoms with Crippen LogP contribution in [0, 0.1) is 0 Å². The van der Waals surface area contributed by atoms with E-state index in [0.717, 1.165) is 94.8 Å². The molecule has 12 aromatic carbocycles. The topological polar surface area (TPSA) is 63.5 Å². The molecule has 0 saturated heterocycles. The average molecular weight is 1100 g/mol. The molecule has 2 aliphatic heterocycles. The summed E-state index contributed by atoms with van der Waals surface area (Å²) in [5, 5.41) is 1.99. The summed E-state index contributed by atoms with van der Waals surface area (Å²) in [5.74, 6) is 0.287. The van der Waals surface area contributed by atoms with Gasteiger partial charge in [-0.15, -0.1) is 0 Å². The van der Waals surface area contributed by atoms with Crippen LogP contribution in [0.5, 0.6) is 0 Å². The second-order valence-electron chi connectivity index (χ2n) is 22.0. The Kier molecular flexibility index (Phi) is 12.4. The van der Waals surface area contributed by atoms with E-state index in [1.807, 2.05) is 84.9 Å². The maximum atomic E-state index is 13.7. The van der Waals surface area contributed by atoms with Crippen molar-refractivity contribution in [1.29, 1.82) is 0 Å². The standard InChI is InChI=1S/C78H52BN5O2/c85-78(86-51-52-20-5-1-6-21-52)59-43-47-71-64(49-59)62-28-13-16-31-69(62)84(71)70-46-42-58(68-50-67(56-22-7-2-8-23-56)80-77(81-68)57-24-9-3-10-25-57)48-63(70)55-38-36-53(37-39-55)54-40-44-61(45-41-54)83-73-33-18-15-30-66(73)79-65-29-14-17-32-72(65)82(60-26-11-4-12-27-60)74-34-19-35-75(83)76(74)79/h1-50H,51H2. The van der Waals surface area contributed by atoms with Gasteiger partial charge in [-0.2, -0.15) is 0 Å². The van der Waals surface area contributed by atoms with Crippen molar-refractivity contribution in [2.24, 2.45) is 0 Å². The van der Waals surface area contributed by atoms with Gasteiger partial charge in [0.25, 0.3) is 6.71 Å². The molecular weight excluding hydrogens is 1050 g/mol. The number of hydrogen-bond donors (Lipinski definition) is 0. The van der Waals surface area contributed by atoms with Gasteiger partial charge in [-0.25, -0.2) is 14.8 Å². The van der Waals surface area contributed by atoms with E-state index in [-0.39, 0.29) is 19.3 Å². The number of carbonyl (C=O) groups excluding carboxylic acids is 1. The van der Waals surface area contributed by atoms with Gasteiger partial charge in [0.1, 0.15) is 6.61 Å². The quantitative estimate of drug-likeness (QED) is 0.0950. The van der Waals surface area contributed by atoms with Crippen LogP contribution in [0.2, 0.25) is 0 Å². The number of fused-ring (bicyclic) bond motifs is 7. The lowest BCUT2D eigenvalue weighted by atomic mass is 9.33. The predicted molar refractivity (Wildman–Crippen MR) is 353 cm³/mol. The van der Waals surface area contributed by atoms with Crippen LogP contribution in [0.15, 0.2) is 303 Å². The van der Waals surface area contributed by atoms with Crippen LogP contribution in [-0.4, -0.2) is 27.2 Å². The molecule has 404 valence electrons. The Hall–Kier alpha value is -11.3. The fourth-order valence-electron chi connectivity index (χ4n) is 13.0. The molecule has 7 nitrogen and oxygen atoms in total. The van der Waals surface area contributed by atoms with Crippen LogP contribution in [0.4, 0.5) is 34.1 Å². The smallest absolute Gasteiger partial charge is 0.338 e. The minimum Gasteiger partial charge on any atom is -0.457 e. The van der Waals surface area contributed by atoms with Crippen LogP contribution >= 0.6 is 0 Å². The van der Waals surface area contributed by atoms with E-state index < -0.39 is 0 Å². The zero-order valence-corrected chi connectivity index (χ0v) is 46.7. The van der Waals surface area contributed by atoms with E-state index in [2.05, 4.69) is 233 Å². The molecule has 0 fully saturated rings. The molecule has 0 amide bonds. The predicted octanol–water partition coefficient (Wildman–Crippen LogP) is 17.3. The molecule has 16 rings (SSSR count). The first kappa shape index (κ1) is 50.4. The summed E-state index contributed by atoms with van der Waals surface area (Å²) in [6.45, 7) is 0.271. The minimum absolute atomic E-state index is 0.0762. The Morgan fingerprint density at radius 2 is 0.884 bits per heavy atom. The number of rotatable bonds is 11. The summed E-state index contributed by atoms with van der Waals surface area (Å²) in [5.41, 5.74) is 24.1. The summed E-state index contributed by atoms with van der Waals surface area (Å²) in [6, 6.07) is 107. The second-order valence-corrected chi connectivity index (χ2v) is 22.0. The van der Waals surface area contributed by atoms with Crippen molar-refractivity contribution in [2.75, 3.05) is 9.80 Å². The van der Waals surface area contributed by atoms with E-state index in [1.54, 1.807) is 0 Å². The molecule has 0 saturated carbocycles. The lowest BCUT2D eigenvalue weighted by Gasteiger charge is -2.44. The summed E-state index contributed by atoms with van der Waals surface area (Å²) in [7, 11) is 0. The molecule has 0 radical (unpaired) electrons. The van der Waals surface area contributed by atoms with Gasteiger partial charge in [0, 0.05) is 67.2 Å². The van der Waals surface area contributed by atoms with Crippen LogP contribution in [-0.2, 0) is 11.3 Å². The van der Waals surface area contributed by atoms with Crippen molar-refractivity contribution in [2.45, 2.75) is 6.61 Å². The van der Waals surface area contributed by atoms with Crippen molar-refractivity contribution in [3.63, 3.8) is 0 Å². The molecule has 2 aromatic heterocycles. The third-order valence-electron chi connectivity index (χ3n) is 17.0. The number of anilines is 6. The first-order valence-corrected chi connectivity index (χ1v) is 29.1. The molecular formula is C78H52BN5O2. The highest BCUT2D eigenvalue weighted by atomic mass is 16.5. The Morgan fingerprint density at radius 1 is 0.372 bits per heavy atom. The number of nitrogens with zero attached hydrogens (tertiary/aromatic N) is 5. The van der Waals surface area contributed by atoms with Gasteiger partial charge in [-0.05, 0) is 130 Å². The highest BCUT2D eigenvalue weighted by molar-refractivity contribution is 7.00. The van der Waals surface area contributed by atoms with Gasteiger partial charge in [-0.1, -0.05) is 212 Å². The number of carbonyl (C=O) groups is 1. The second kappa shape index (κ2) is 21.1. The molecule has 8 heteroatoms. The van der Waals surface area contributed by atoms with Crippen molar-refractivity contribution < 1.29 is 9.53 Å². The Labute approximate surface area is 499 Å². The Bertz CT molecular complexity index is 4840. The first-order valence-electron chi connectivity index (χ1n) is 29.1. The zero-order valence-electron chi connectivity index (χ0n) is 46.7. The molecule has 14 aromatic rings. The molecule has 4 heterocycles. The summed E-state index contributed by atoms with van der Waals surface area (Å²) in [4.78, 5) is 29.0. The SMILES string of the molecule is O=C(OCc1ccccc1)c1ccc2c(c1)c1ccccc1n2-c1ccc(-c2cc(-c3ccccc3)nc(-c3ccccc3)n2)cc1-c1ccc(-c2ccc(N3c4ccccc4B4c5ccccc5N(c5ccccc5)c5cccc3c54)cc2)cc1. The van der Waals surface area contributed by atoms with Gasteiger partial charge < -0.3 is 19.1 Å². The summed E-state index contributed by atoms with van der Waals surface area (Å²) >= 11 is 0. The van der Waals surface area contributed by atoms with E-state index in [9.17, 15) is 4.79 Å². The van der Waals surface area contributed by atoms with E-state index >= 15 is 0 Å². The number of aromatic nitrogens is 3. The van der Waals surface area contributed by atoms with Crippen LogP contribution < -0.4 is 26.2 Å². The highest BCUT2D eigenvalue weighted by Gasteiger charge is 2.42. The number of benzene rings is 12. The molecule has 0 unspecified atom stereocenters. The fourth-order valence-corrected chi connectivity index (χ4v) is 13.0. The first-order chi connectivity index (χ1) is 42.6. The molecule has 0 spiro atoms. The van der Waals surface area contributed by atoms with Crippen molar-refractivity contribution in [1.82, 2.24) is 14.5 Å². The molecule has 86 heavy (non-hydrogen) atoms. The summed E-state index contributed by atoms with van der Waals surface area (Å²) in [6.07, 6.45) is 0. The van der Waals surface area contributed by atoms with Crippen molar-refractivity contribution >= 4 is 85.0 Å². The van der Waals surface area contributed by atoms with Gasteiger partial charge in [0.2, 0.25) is 0 Å². The van der Waals surface area contributed by atoms with E-state index in [1.165, 1.54) is 39.1 Å².